The number of rotatable bonds is 8. The lowest BCUT2D eigenvalue weighted by Gasteiger charge is -2.25. The Morgan fingerprint density at radius 2 is 1.80 bits per heavy atom. The molecule has 3 aromatic carbocycles. The summed E-state index contributed by atoms with van der Waals surface area (Å²) >= 11 is 1.18. The Morgan fingerprint density at radius 3 is 2.48 bits per heavy atom. The lowest BCUT2D eigenvalue weighted by molar-refractivity contribution is -0.384. The van der Waals surface area contributed by atoms with E-state index >= 15 is 0 Å². The molecule has 1 aliphatic heterocycles. The molecule has 220 valence electrons. The zero-order valence-corrected chi connectivity index (χ0v) is 24.4. The number of aromatic nitrogens is 1. The smallest absolute Gasteiger partial charge is 0.338 e. The first-order valence-electron chi connectivity index (χ1n) is 13.7. The molecule has 0 saturated heterocycles. The van der Waals surface area contributed by atoms with E-state index in [-0.39, 0.29) is 29.2 Å². The number of methoxy groups -OCH3 is 1. The number of fused-ring (bicyclic) bond motifs is 1. The number of carbonyl (C=O) groups excluding carboxylic acids is 1. The highest BCUT2D eigenvalue weighted by Gasteiger charge is 2.35. The van der Waals surface area contributed by atoms with Gasteiger partial charge in [-0.15, -0.1) is 0 Å². The number of carbonyl (C=O) groups is 1. The van der Waals surface area contributed by atoms with Gasteiger partial charge in [0.15, 0.2) is 4.80 Å². The second-order valence-electron chi connectivity index (χ2n) is 9.69. The van der Waals surface area contributed by atoms with E-state index in [9.17, 15) is 19.7 Å². The monoisotopic (exact) mass is 607 g/mol. The molecule has 0 aliphatic carbocycles. The van der Waals surface area contributed by atoms with Gasteiger partial charge in [-0.05, 0) is 30.7 Å². The Labute approximate surface area is 254 Å². The van der Waals surface area contributed by atoms with Gasteiger partial charge in [0.2, 0.25) is 0 Å². The third-order valence-corrected chi connectivity index (χ3v) is 8.03. The Balaban J connectivity index is 1.52. The minimum atomic E-state index is -0.777. The van der Waals surface area contributed by atoms with E-state index in [1.807, 2.05) is 60.7 Å². The van der Waals surface area contributed by atoms with Gasteiger partial charge >= 0.3 is 5.97 Å². The lowest BCUT2D eigenvalue weighted by Crippen LogP contribution is -2.39. The Hall–Kier alpha value is -5.55. The van der Waals surface area contributed by atoms with Gasteiger partial charge in [0.25, 0.3) is 11.2 Å². The van der Waals surface area contributed by atoms with Gasteiger partial charge in [0.05, 0.1) is 52.1 Å². The van der Waals surface area contributed by atoms with E-state index in [0.717, 1.165) is 11.1 Å². The normalized spacial score (nSPS) is 14.6. The van der Waals surface area contributed by atoms with Crippen LogP contribution in [-0.4, -0.2) is 29.2 Å². The zero-order chi connectivity index (χ0) is 30.8. The third kappa shape index (κ3) is 5.25. The molecular formula is C33H25N3O7S. The number of non-ortho nitro benzene ring substituents is 1. The molecule has 0 amide bonds. The number of ether oxygens (including phenoxy) is 2. The fourth-order valence-electron chi connectivity index (χ4n) is 5.09. The van der Waals surface area contributed by atoms with Gasteiger partial charge in [0.1, 0.15) is 17.3 Å². The van der Waals surface area contributed by atoms with Gasteiger partial charge in [-0.3, -0.25) is 19.5 Å². The molecule has 1 aliphatic rings. The molecular weight excluding hydrogens is 582 g/mol. The second-order valence-corrected chi connectivity index (χ2v) is 10.7. The maximum absolute atomic E-state index is 14.0. The van der Waals surface area contributed by atoms with Gasteiger partial charge in [0, 0.05) is 17.7 Å². The third-order valence-electron chi connectivity index (χ3n) is 7.05. The van der Waals surface area contributed by atoms with Crippen LogP contribution < -0.4 is 19.6 Å². The molecule has 0 bridgehead atoms. The fourth-order valence-corrected chi connectivity index (χ4v) is 6.07. The standard InChI is InChI=1S/C33H25N3O7S/c1-3-42-32(38)28-29(20-10-6-4-7-11-20)34-33-35(30(28)21-12-8-5-9-13-21)31(37)27(44-33)19-23-15-17-25(43-23)24-16-14-22(36(39)40)18-26(24)41-2/h4-19,30H,3H2,1-2H3/b27-19-/t30-/m1/s1. The van der Waals surface area contributed by atoms with Gasteiger partial charge in [-0.1, -0.05) is 72.0 Å². The van der Waals surface area contributed by atoms with E-state index in [1.54, 1.807) is 31.2 Å². The van der Waals surface area contributed by atoms with Crippen LogP contribution in [0.2, 0.25) is 0 Å². The number of nitro groups is 1. The summed E-state index contributed by atoms with van der Waals surface area (Å²) in [5.41, 5.74) is 2.24. The number of thiazole rings is 1. The number of hydrogen-bond acceptors (Lipinski definition) is 9. The van der Waals surface area contributed by atoms with Gasteiger partial charge < -0.3 is 13.9 Å². The van der Waals surface area contributed by atoms with Crippen molar-refractivity contribution in [1.29, 1.82) is 0 Å². The van der Waals surface area contributed by atoms with Crippen molar-refractivity contribution in [3.63, 3.8) is 0 Å². The predicted molar refractivity (Wildman–Crippen MR) is 165 cm³/mol. The first-order chi connectivity index (χ1) is 21.4. The Bertz CT molecular complexity index is 2090. The van der Waals surface area contributed by atoms with E-state index < -0.39 is 16.9 Å². The topological polar surface area (TPSA) is 126 Å². The molecule has 0 fully saturated rings. The highest BCUT2D eigenvalue weighted by atomic mass is 32.1. The minimum Gasteiger partial charge on any atom is -0.496 e. The van der Waals surface area contributed by atoms with Crippen molar-refractivity contribution in [2.24, 2.45) is 4.99 Å². The van der Waals surface area contributed by atoms with Crippen molar-refractivity contribution < 1.29 is 23.6 Å². The molecule has 3 heterocycles. The molecule has 0 radical (unpaired) electrons. The molecule has 0 spiro atoms. The number of benzene rings is 3. The van der Waals surface area contributed by atoms with Crippen molar-refractivity contribution in [3.05, 3.63) is 143 Å². The summed E-state index contributed by atoms with van der Waals surface area (Å²) < 4.78 is 18.7. The van der Waals surface area contributed by atoms with Crippen molar-refractivity contribution in [1.82, 2.24) is 4.57 Å². The van der Waals surface area contributed by atoms with E-state index in [4.69, 9.17) is 18.9 Å². The molecule has 5 aromatic rings. The molecule has 10 nitrogen and oxygen atoms in total. The molecule has 44 heavy (non-hydrogen) atoms. The van der Waals surface area contributed by atoms with Crippen LogP contribution >= 0.6 is 11.3 Å². The van der Waals surface area contributed by atoms with Crippen LogP contribution in [0.3, 0.4) is 0 Å². The maximum Gasteiger partial charge on any atom is 0.338 e. The van der Waals surface area contributed by atoms with E-state index in [2.05, 4.69) is 0 Å². The fraction of sp³-hybridized carbons (Fsp3) is 0.121. The average molecular weight is 608 g/mol. The van der Waals surface area contributed by atoms with Crippen molar-refractivity contribution in [2.45, 2.75) is 13.0 Å². The first kappa shape index (κ1) is 28.6. The summed E-state index contributed by atoms with van der Waals surface area (Å²) in [5.74, 6) is 0.525. The second kappa shape index (κ2) is 12.0. The van der Waals surface area contributed by atoms with Crippen LogP contribution in [0.25, 0.3) is 23.1 Å². The van der Waals surface area contributed by atoms with Crippen LogP contribution in [0.4, 0.5) is 5.69 Å². The number of furan rings is 1. The van der Waals surface area contributed by atoms with Crippen LogP contribution in [0.5, 0.6) is 5.75 Å². The molecule has 0 N–H and O–H groups in total. The van der Waals surface area contributed by atoms with Crippen LogP contribution in [0, 0.1) is 10.1 Å². The summed E-state index contributed by atoms with van der Waals surface area (Å²) in [7, 11) is 1.42. The average Bonchev–Trinajstić information content (AvgIpc) is 3.64. The van der Waals surface area contributed by atoms with Crippen LogP contribution in [0.1, 0.15) is 29.9 Å². The number of nitro benzene ring substituents is 1. The van der Waals surface area contributed by atoms with Crippen LogP contribution in [0.15, 0.2) is 111 Å². The number of hydrogen-bond donors (Lipinski definition) is 0. The minimum absolute atomic E-state index is 0.108. The van der Waals surface area contributed by atoms with Crippen molar-refractivity contribution >= 4 is 34.8 Å². The Morgan fingerprint density at radius 1 is 1.07 bits per heavy atom. The Kier molecular flexibility index (Phi) is 7.78. The molecule has 0 saturated carbocycles. The van der Waals surface area contributed by atoms with Crippen molar-refractivity contribution in [3.8, 4) is 17.1 Å². The molecule has 11 heteroatoms. The highest BCUT2D eigenvalue weighted by molar-refractivity contribution is 7.07. The maximum atomic E-state index is 14.0. The molecule has 2 aromatic heterocycles. The quantitative estimate of drug-likeness (QED) is 0.136. The van der Waals surface area contributed by atoms with Gasteiger partial charge in [-0.25, -0.2) is 9.79 Å². The van der Waals surface area contributed by atoms with E-state index in [0.29, 0.717) is 32.1 Å². The molecule has 6 rings (SSSR count). The lowest BCUT2D eigenvalue weighted by atomic mass is 9.93. The SMILES string of the molecule is CCOC(=O)C1=C(c2ccccc2)N=c2s/c(=C\c3ccc(-c4ccc([N+](=O)[O-])cc4OC)o3)c(=O)n2[C@@H]1c1ccccc1. The summed E-state index contributed by atoms with van der Waals surface area (Å²) in [5, 5.41) is 11.2. The molecule has 0 unspecified atom stereocenters. The number of nitrogens with zero attached hydrogens (tertiary/aromatic N) is 3. The van der Waals surface area contributed by atoms with Gasteiger partial charge in [-0.2, -0.15) is 0 Å². The molecule has 1 atom stereocenters. The summed E-state index contributed by atoms with van der Waals surface area (Å²) in [4.78, 5) is 43.5. The number of esters is 1. The predicted octanol–water partition coefficient (Wildman–Crippen LogP) is 5.11. The summed E-state index contributed by atoms with van der Waals surface area (Å²) in [6.45, 7) is 1.90. The summed E-state index contributed by atoms with van der Waals surface area (Å²) in [6, 6.07) is 25.5. The largest absolute Gasteiger partial charge is 0.496 e. The zero-order valence-electron chi connectivity index (χ0n) is 23.6. The first-order valence-corrected chi connectivity index (χ1v) is 14.5. The van der Waals surface area contributed by atoms with Crippen LogP contribution in [-0.2, 0) is 9.53 Å². The summed E-state index contributed by atoms with van der Waals surface area (Å²) in [6.07, 6.45) is 1.61. The highest BCUT2D eigenvalue weighted by Crippen LogP contribution is 2.36. The van der Waals surface area contributed by atoms with E-state index in [1.165, 1.54) is 35.1 Å². The van der Waals surface area contributed by atoms with Crippen molar-refractivity contribution in [2.75, 3.05) is 13.7 Å².